The number of rotatable bonds is 0. The van der Waals surface area contributed by atoms with Gasteiger partial charge in [-0.2, -0.15) is 10.5 Å². The first-order valence-electron chi connectivity index (χ1n) is 4.67. The minimum absolute atomic E-state index is 0.986. The molecule has 0 unspecified atom stereocenters. The molecule has 0 aromatic heterocycles. The molecule has 1 rings (SSSR count). The molecular weight excluding hydrogens is 276 g/mol. The van der Waals surface area contributed by atoms with Gasteiger partial charge in [-0.15, -0.1) is 0 Å². The van der Waals surface area contributed by atoms with Gasteiger partial charge in [0.1, 0.15) is 17.7 Å². The van der Waals surface area contributed by atoms with Crippen molar-refractivity contribution in [2.75, 3.05) is 0 Å². The van der Waals surface area contributed by atoms with Gasteiger partial charge in [-0.05, 0) is 0 Å². The Kier molecular flexibility index (Phi) is 4.06. The molecule has 0 aliphatic carbocycles. The Bertz CT molecular complexity index is 746. The second kappa shape index (κ2) is 5.52. The molecule has 0 atom stereocenters. The number of halogens is 4. The lowest BCUT2D eigenvalue weighted by molar-refractivity contribution is 0.434. The number of nitrogens with zero attached hydrogens (tertiary/aromatic N) is 4. The SMILES string of the molecule is C#[N+]C([N+]#C)=c1c(F)c(F)c(=C(C#N)C#N)c(F)c1F. The van der Waals surface area contributed by atoms with E-state index >= 15 is 0 Å². The maximum absolute atomic E-state index is 13.7. The third-order valence-electron chi connectivity index (χ3n) is 2.21. The summed E-state index contributed by atoms with van der Waals surface area (Å²) < 4.78 is 54.7. The molecular formula is C12H2F4N4+2. The maximum Gasteiger partial charge on any atom is 0.701 e. The molecule has 0 bridgehead atoms. The van der Waals surface area contributed by atoms with E-state index < -0.39 is 45.1 Å². The second-order valence-electron chi connectivity index (χ2n) is 3.19. The highest BCUT2D eigenvalue weighted by molar-refractivity contribution is 5.73. The molecule has 96 valence electrons. The van der Waals surface area contributed by atoms with Gasteiger partial charge in [-0.3, -0.25) is 0 Å². The van der Waals surface area contributed by atoms with E-state index in [2.05, 4.69) is 9.69 Å². The van der Waals surface area contributed by atoms with Crippen molar-refractivity contribution in [3.63, 3.8) is 0 Å². The predicted octanol–water partition coefficient (Wildman–Crippen LogP) is 1.43. The largest absolute Gasteiger partial charge is 0.701 e. The van der Waals surface area contributed by atoms with Crippen LogP contribution < -0.4 is 10.4 Å². The average Bonchev–Trinajstić information content (AvgIpc) is 2.46. The van der Waals surface area contributed by atoms with Crippen molar-refractivity contribution in [1.29, 1.82) is 10.5 Å². The Morgan fingerprint density at radius 1 is 0.800 bits per heavy atom. The van der Waals surface area contributed by atoms with Crippen molar-refractivity contribution >= 4 is 11.4 Å². The fourth-order valence-corrected chi connectivity index (χ4v) is 1.35. The van der Waals surface area contributed by atoms with Crippen molar-refractivity contribution in [3.8, 4) is 25.3 Å². The van der Waals surface area contributed by atoms with Crippen LogP contribution >= 0.6 is 0 Å². The van der Waals surface area contributed by atoms with E-state index in [1.807, 2.05) is 0 Å². The van der Waals surface area contributed by atoms with Gasteiger partial charge in [0.15, 0.2) is 23.3 Å². The molecule has 0 N–H and O–H groups in total. The summed E-state index contributed by atoms with van der Waals surface area (Å²) in [4.78, 5) is 5.54. The predicted molar refractivity (Wildman–Crippen MR) is 60.2 cm³/mol. The Hall–Kier alpha value is -3.36. The van der Waals surface area contributed by atoms with Gasteiger partial charge in [0.05, 0.1) is 14.9 Å². The third kappa shape index (κ3) is 2.03. The molecule has 0 radical (unpaired) electrons. The topological polar surface area (TPSA) is 56.3 Å². The van der Waals surface area contributed by atoms with E-state index in [-0.39, 0.29) is 0 Å². The summed E-state index contributed by atoms with van der Waals surface area (Å²) in [5.41, 5.74) is -1.14. The van der Waals surface area contributed by atoms with Crippen LogP contribution in [0.5, 0.6) is 0 Å². The monoisotopic (exact) mass is 278 g/mol. The molecule has 0 spiro atoms. The van der Waals surface area contributed by atoms with E-state index in [1.165, 1.54) is 0 Å². The van der Waals surface area contributed by atoms with Crippen LogP contribution in [0.25, 0.3) is 21.1 Å². The molecule has 0 aliphatic rings. The van der Waals surface area contributed by atoms with Gasteiger partial charge in [-0.25, -0.2) is 17.6 Å². The molecule has 20 heavy (non-hydrogen) atoms. The smallest absolute Gasteiger partial charge is 0.203 e. The van der Waals surface area contributed by atoms with E-state index in [0.29, 0.717) is 0 Å². The number of nitriles is 2. The number of hydrogen-bond acceptors (Lipinski definition) is 2. The lowest BCUT2D eigenvalue weighted by Crippen LogP contribution is -2.30. The van der Waals surface area contributed by atoms with E-state index in [0.717, 1.165) is 12.1 Å². The Morgan fingerprint density at radius 2 is 1.15 bits per heavy atom. The fourth-order valence-electron chi connectivity index (χ4n) is 1.35. The Balaban J connectivity index is 4.35. The van der Waals surface area contributed by atoms with Crippen molar-refractivity contribution in [1.82, 2.24) is 0 Å². The molecule has 1 aromatic rings. The van der Waals surface area contributed by atoms with Gasteiger partial charge in [0, 0.05) is 0 Å². The number of benzene rings is 1. The van der Waals surface area contributed by atoms with Crippen molar-refractivity contribution in [2.24, 2.45) is 0 Å². The summed E-state index contributed by atoms with van der Waals surface area (Å²) in [6, 6.07) is 2.24. The highest BCUT2D eigenvalue weighted by atomic mass is 19.2. The van der Waals surface area contributed by atoms with Crippen LogP contribution in [0.1, 0.15) is 0 Å². The normalized spacial score (nSPS) is 8.80. The van der Waals surface area contributed by atoms with Crippen molar-refractivity contribution in [2.45, 2.75) is 0 Å². The van der Waals surface area contributed by atoms with E-state index in [1.54, 1.807) is 0 Å². The first-order chi connectivity index (χ1) is 9.44. The molecule has 0 saturated heterocycles. The minimum Gasteiger partial charge on any atom is -0.203 e. The van der Waals surface area contributed by atoms with E-state index in [4.69, 9.17) is 23.7 Å². The quantitative estimate of drug-likeness (QED) is 0.532. The van der Waals surface area contributed by atoms with Crippen molar-refractivity contribution in [3.05, 3.63) is 43.4 Å². The molecule has 0 amide bonds. The molecule has 0 saturated carbocycles. The molecule has 4 nitrogen and oxygen atoms in total. The third-order valence-corrected chi connectivity index (χ3v) is 2.21. The molecule has 1 aromatic carbocycles. The van der Waals surface area contributed by atoms with Gasteiger partial charge in [0.2, 0.25) is 5.22 Å². The summed E-state index contributed by atoms with van der Waals surface area (Å²) in [6.45, 7) is 9.46. The van der Waals surface area contributed by atoms with Crippen LogP contribution in [0.4, 0.5) is 17.6 Å². The molecule has 0 fully saturated rings. The zero-order valence-electron chi connectivity index (χ0n) is 9.46. The highest BCUT2D eigenvalue weighted by Gasteiger charge is 2.31. The molecule has 8 heteroatoms. The summed E-state index contributed by atoms with van der Waals surface area (Å²) in [7, 11) is 0. The van der Waals surface area contributed by atoms with Crippen LogP contribution in [0.2, 0.25) is 0 Å². The van der Waals surface area contributed by atoms with Gasteiger partial charge in [0.25, 0.3) is 13.1 Å². The fraction of sp³-hybridized carbons (Fsp3) is 0. The summed E-state index contributed by atoms with van der Waals surface area (Å²) in [5.74, 6) is -8.76. The Morgan fingerprint density at radius 3 is 1.45 bits per heavy atom. The first-order valence-corrected chi connectivity index (χ1v) is 4.67. The van der Waals surface area contributed by atoms with Crippen LogP contribution in [0.3, 0.4) is 0 Å². The van der Waals surface area contributed by atoms with Gasteiger partial charge >= 0.3 is 5.82 Å². The second-order valence-corrected chi connectivity index (χ2v) is 3.19. The van der Waals surface area contributed by atoms with Crippen molar-refractivity contribution < 1.29 is 17.6 Å². The zero-order chi connectivity index (χ0) is 15.4. The van der Waals surface area contributed by atoms with Gasteiger partial charge in [-0.1, -0.05) is 0 Å². The molecule has 0 heterocycles. The average molecular weight is 278 g/mol. The summed E-state index contributed by atoms with van der Waals surface area (Å²) >= 11 is 0. The molecule has 0 aliphatic heterocycles. The standard InChI is InChI=1S/C12H2F4N4/c1-19-12(20-2)7-10(15)8(13)6(5(3-17)4-18)9(14)11(7)16/h1-2H/q+2. The minimum atomic E-state index is -1.96. The van der Waals surface area contributed by atoms with Gasteiger partial charge < -0.3 is 0 Å². The lowest BCUT2D eigenvalue weighted by Gasteiger charge is -1.97. The summed E-state index contributed by atoms with van der Waals surface area (Å²) in [5, 5.41) is 14.2. The Labute approximate surface area is 109 Å². The van der Waals surface area contributed by atoms with Crippen LogP contribution in [-0.4, -0.2) is 0 Å². The number of hydrogen-bond donors (Lipinski definition) is 0. The van der Waals surface area contributed by atoms with Crippen LogP contribution in [0.15, 0.2) is 0 Å². The first kappa shape index (κ1) is 14.7. The van der Waals surface area contributed by atoms with E-state index in [9.17, 15) is 17.6 Å². The maximum atomic E-state index is 13.7. The van der Waals surface area contributed by atoms with Crippen LogP contribution in [-0.2, 0) is 0 Å². The lowest BCUT2D eigenvalue weighted by atomic mass is 10.1. The summed E-state index contributed by atoms with van der Waals surface area (Å²) in [6.07, 6.45) is 0. The zero-order valence-corrected chi connectivity index (χ0v) is 9.46. The highest BCUT2D eigenvalue weighted by Crippen LogP contribution is 2.08. The van der Waals surface area contributed by atoms with Crippen LogP contribution in [0, 0.1) is 59.1 Å².